The molecule has 0 fully saturated rings. The third-order valence-electron chi connectivity index (χ3n) is 0. The third kappa shape index (κ3) is 25.4. The van der Waals surface area contributed by atoms with Gasteiger partial charge < -0.3 is 12.9 Å². The molecule has 0 aromatic heterocycles. The molecule has 5 heteroatoms. The number of hydrogen-bond acceptors (Lipinski definition) is 2. The fourth-order valence-corrected chi connectivity index (χ4v) is 0. The van der Waals surface area contributed by atoms with E-state index in [0.717, 1.165) is 0 Å². The minimum atomic E-state index is -1.69. The van der Waals surface area contributed by atoms with Crippen LogP contribution in [0.1, 0.15) is 2.85 Å². The fraction of sp³-hybridized carbons (Fsp3) is 0. The maximum Gasteiger partial charge on any atom is 2.00 e. The van der Waals surface area contributed by atoms with Crippen LogP contribution < -0.4 is 0 Å². The van der Waals surface area contributed by atoms with Gasteiger partial charge in [-0.25, -0.2) is 0 Å². The second kappa shape index (κ2) is 5.85. The van der Waals surface area contributed by atoms with Crippen molar-refractivity contribution in [1.29, 1.82) is 0 Å². The van der Waals surface area contributed by atoms with E-state index in [1.54, 1.807) is 0 Å². The summed E-state index contributed by atoms with van der Waals surface area (Å²) in [5, 5.41) is 14.8. The first kappa shape index (κ1) is 9.96. The molecular formula is H4BBaClO2. The summed E-state index contributed by atoms with van der Waals surface area (Å²) in [6.07, 6.45) is 0. The number of hydrogen-bond donors (Lipinski definition) is 2. The molecule has 0 aliphatic carbocycles. The minimum absolute atomic E-state index is 0. The van der Waals surface area contributed by atoms with E-state index in [2.05, 4.69) is 11.5 Å². The van der Waals surface area contributed by atoms with Crippen molar-refractivity contribution in [1.82, 2.24) is 0 Å². The number of halogens is 1. The first-order chi connectivity index (χ1) is 1.73. The van der Waals surface area contributed by atoms with E-state index in [0.29, 0.717) is 0 Å². The molecule has 0 aromatic carbocycles. The molecule has 28 valence electrons. The maximum absolute atomic E-state index is 7.38. The van der Waals surface area contributed by atoms with Crippen molar-refractivity contribution >= 4 is 66.9 Å². The van der Waals surface area contributed by atoms with Gasteiger partial charge in [0, 0.05) is 0 Å². The molecule has 0 bridgehead atoms. The molecule has 0 aliphatic rings. The van der Waals surface area contributed by atoms with Crippen LogP contribution in [0.4, 0.5) is 0 Å². The Hall–Kier alpha value is 1.85. The van der Waals surface area contributed by atoms with Crippen molar-refractivity contribution in [2.24, 2.45) is 0 Å². The summed E-state index contributed by atoms with van der Waals surface area (Å²) < 4.78 is 0. The summed E-state index contributed by atoms with van der Waals surface area (Å²) in [6.45, 7) is -1.69. The smallest absolute Gasteiger partial charge is 1.00 e. The second-order valence-electron chi connectivity index (χ2n) is 0.311. The molecule has 0 spiro atoms. The van der Waals surface area contributed by atoms with Crippen LogP contribution in [-0.2, 0) is 0 Å². The van der Waals surface area contributed by atoms with E-state index >= 15 is 0 Å². The van der Waals surface area contributed by atoms with Gasteiger partial charge in [-0.3, -0.25) is 0 Å². The van der Waals surface area contributed by atoms with Crippen LogP contribution in [0.15, 0.2) is 0 Å². The van der Waals surface area contributed by atoms with Gasteiger partial charge in [0.05, 0.1) is 0 Å². The van der Waals surface area contributed by atoms with Crippen LogP contribution in [0.25, 0.3) is 0 Å². The van der Waals surface area contributed by atoms with Gasteiger partial charge in [0.15, 0.2) is 0 Å². The van der Waals surface area contributed by atoms with Gasteiger partial charge in [-0.05, 0) is 0 Å². The van der Waals surface area contributed by atoms with E-state index in [-0.39, 0.29) is 51.7 Å². The van der Waals surface area contributed by atoms with Crippen molar-refractivity contribution in [3.63, 3.8) is 0 Å². The number of rotatable bonds is 0. The molecule has 0 amide bonds. The molecule has 0 saturated heterocycles. The monoisotopic (exact) mass is 220 g/mol. The summed E-state index contributed by atoms with van der Waals surface area (Å²) in [4.78, 5) is 0. The van der Waals surface area contributed by atoms with Crippen molar-refractivity contribution in [2.75, 3.05) is 0 Å². The Bertz CT molecular complexity index is 20.4. The van der Waals surface area contributed by atoms with E-state index in [1.807, 2.05) is 0 Å². The van der Waals surface area contributed by atoms with Gasteiger partial charge in [-0.15, -0.1) is 11.5 Å². The molecule has 5 heavy (non-hydrogen) atoms. The zero-order valence-electron chi connectivity index (χ0n) is 4.56. The fourth-order valence-electron chi connectivity index (χ4n) is 0. The summed E-state index contributed by atoms with van der Waals surface area (Å²) in [5.41, 5.74) is 0. The van der Waals surface area contributed by atoms with Gasteiger partial charge >= 0.3 is 55.4 Å². The third-order valence-corrected chi connectivity index (χ3v) is 0. The van der Waals surface area contributed by atoms with Crippen LogP contribution in [0.2, 0.25) is 0 Å². The van der Waals surface area contributed by atoms with Crippen LogP contribution >= 0.6 is 11.5 Å². The Kier molecular flexibility index (Phi) is 11.6. The van der Waals surface area contributed by atoms with E-state index < -0.39 is 6.53 Å². The molecule has 0 aromatic rings. The maximum atomic E-state index is 7.38. The van der Waals surface area contributed by atoms with Crippen molar-refractivity contribution in [3.05, 3.63) is 0 Å². The predicted octanol–water partition coefficient (Wildman–Crippen LogP) is -0.961. The van der Waals surface area contributed by atoms with Crippen molar-refractivity contribution in [3.8, 4) is 0 Å². The first-order valence-corrected chi connectivity index (χ1v) is 1.17. The summed E-state index contributed by atoms with van der Waals surface area (Å²) >= 11 is 4.39. The Morgan fingerprint density at radius 1 is 1.60 bits per heavy atom. The minimum Gasteiger partial charge on any atom is -1.00 e. The van der Waals surface area contributed by atoms with E-state index in [4.69, 9.17) is 10.0 Å². The molecular weight excluding hydrogens is 216 g/mol. The molecule has 0 heterocycles. The zero-order valence-corrected chi connectivity index (χ0v) is 7.75. The average Bonchev–Trinajstić information content (AvgIpc) is 0.811. The van der Waals surface area contributed by atoms with Gasteiger partial charge in [0.1, 0.15) is 0 Å². The standard InChI is InChI=1S/BClH2O2.Ba.2H/c2-1(3)4;;;/h3-4H;;;/q;+2;2*-1. The summed E-state index contributed by atoms with van der Waals surface area (Å²) in [6, 6.07) is 0. The topological polar surface area (TPSA) is 40.5 Å². The van der Waals surface area contributed by atoms with Crippen LogP contribution in [0, 0.1) is 0 Å². The summed E-state index contributed by atoms with van der Waals surface area (Å²) in [5.74, 6) is 0. The Morgan fingerprint density at radius 2 is 1.60 bits per heavy atom. The largest absolute Gasteiger partial charge is 2.00 e. The molecule has 0 radical (unpaired) electrons. The molecule has 2 nitrogen and oxygen atoms in total. The van der Waals surface area contributed by atoms with Gasteiger partial charge in [0.25, 0.3) is 0 Å². The van der Waals surface area contributed by atoms with E-state index in [9.17, 15) is 0 Å². The normalized spacial score (nSPS) is 5.40. The first-order valence-electron chi connectivity index (χ1n) is 0.735. The van der Waals surface area contributed by atoms with Crippen LogP contribution in [-0.4, -0.2) is 65.5 Å². The summed E-state index contributed by atoms with van der Waals surface area (Å²) in [7, 11) is 0. The molecule has 0 aliphatic heterocycles. The van der Waals surface area contributed by atoms with Crippen molar-refractivity contribution < 1.29 is 12.9 Å². The van der Waals surface area contributed by atoms with Crippen molar-refractivity contribution in [2.45, 2.75) is 0 Å². The average molecular weight is 220 g/mol. The van der Waals surface area contributed by atoms with Gasteiger partial charge in [-0.2, -0.15) is 0 Å². The Balaban J connectivity index is -0.0000000150. The molecule has 0 rings (SSSR count). The molecule has 0 saturated carbocycles. The molecule has 0 atom stereocenters. The molecule has 0 unspecified atom stereocenters. The molecule has 2 N–H and O–H groups in total. The van der Waals surface area contributed by atoms with Gasteiger partial charge in [0.2, 0.25) is 0 Å². The quantitative estimate of drug-likeness (QED) is 0.516. The SMILES string of the molecule is OB(O)Cl.[Ba+2].[H-].[H-]. The van der Waals surface area contributed by atoms with Gasteiger partial charge in [-0.1, -0.05) is 0 Å². The Labute approximate surface area is 78.6 Å². The van der Waals surface area contributed by atoms with Crippen LogP contribution in [0.3, 0.4) is 0 Å². The predicted molar refractivity (Wildman–Crippen MR) is 24.0 cm³/mol. The Morgan fingerprint density at radius 3 is 1.60 bits per heavy atom. The second-order valence-corrected chi connectivity index (χ2v) is 0.701. The zero-order chi connectivity index (χ0) is 3.58. The van der Waals surface area contributed by atoms with Crippen LogP contribution in [0.5, 0.6) is 0 Å². The van der Waals surface area contributed by atoms with E-state index in [1.165, 1.54) is 0 Å².